The first-order chi connectivity index (χ1) is 4.66. The predicted molar refractivity (Wildman–Crippen MR) is 46.0 cm³/mol. The Morgan fingerprint density at radius 2 is 1.90 bits per heavy atom. The smallest absolute Gasteiger partial charge is 0.0162 e. The number of nitrogens with one attached hydrogen (secondary N) is 1. The van der Waals surface area contributed by atoms with Crippen LogP contribution >= 0.6 is 0 Å². The maximum Gasteiger partial charge on any atom is 0.0162 e. The fraction of sp³-hybridized carbons (Fsp3) is 1.00. The lowest BCUT2D eigenvalue weighted by Gasteiger charge is -2.11. The lowest BCUT2D eigenvalue weighted by atomic mass is 10.2. The molecule has 62 valence electrons. The van der Waals surface area contributed by atoms with Gasteiger partial charge in [-0.05, 0) is 18.9 Å². The van der Waals surface area contributed by atoms with Gasteiger partial charge in [0, 0.05) is 12.6 Å². The zero-order valence-electron chi connectivity index (χ0n) is 7.35. The van der Waals surface area contributed by atoms with E-state index < -0.39 is 0 Å². The molecule has 0 heterocycles. The van der Waals surface area contributed by atoms with E-state index in [9.17, 15) is 0 Å². The lowest BCUT2D eigenvalue weighted by molar-refractivity contribution is 0.507. The third-order valence-electron chi connectivity index (χ3n) is 1.48. The molecule has 0 saturated heterocycles. The van der Waals surface area contributed by atoms with E-state index >= 15 is 0 Å². The summed E-state index contributed by atoms with van der Waals surface area (Å²) in [5.74, 6) is 0.726. The van der Waals surface area contributed by atoms with Gasteiger partial charge in [-0.1, -0.05) is 20.8 Å². The van der Waals surface area contributed by atoms with Crippen molar-refractivity contribution in [2.45, 2.75) is 33.2 Å². The first-order valence-electron chi connectivity index (χ1n) is 4.13. The summed E-state index contributed by atoms with van der Waals surface area (Å²) >= 11 is 0. The van der Waals surface area contributed by atoms with Gasteiger partial charge in [-0.15, -0.1) is 0 Å². The second-order valence-corrected chi connectivity index (χ2v) is 3.22. The molecule has 0 fully saturated rings. The highest BCUT2D eigenvalue weighted by molar-refractivity contribution is 4.62. The van der Waals surface area contributed by atoms with Crippen molar-refractivity contribution in [3.05, 3.63) is 0 Å². The van der Waals surface area contributed by atoms with Gasteiger partial charge in [0.15, 0.2) is 0 Å². The van der Waals surface area contributed by atoms with Gasteiger partial charge < -0.3 is 11.1 Å². The highest BCUT2D eigenvalue weighted by Gasteiger charge is 1.97. The van der Waals surface area contributed by atoms with E-state index in [1.807, 2.05) is 0 Å². The van der Waals surface area contributed by atoms with Crippen molar-refractivity contribution in [2.24, 2.45) is 11.7 Å². The van der Waals surface area contributed by atoms with Crippen molar-refractivity contribution in [2.75, 3.05) is 13.1 Å². The van der Waals surface area contributed by atoms with Crippen LogP contribution in [0.5, 0.6) is 0 Å². The molecular formula is C8H20N2. The van der Waals surface area contributed by atoms with Crippen LogP contribution in [0, 0.1) is 5.92 Å². The van der Waals surface area contributed by atoms with Gasteiger partial charge in [-0.25, -0.2) is 0 Å². The summed E-state index contributed by atoms with van der Waals surface area (Å²) in [5, 5.41) is 3.31. The van der Waals surface area contributed by atoms with Gasteiger partial charge in [-0.2, -0.15) is 0 Å². The summed E-state index contributed by atoms with van der Waals surface area (Å²) in [7, 11) is 0. The zero-order chi connectivity index (χ0) is 7.98. The van der Waals surface area contributed by atoms with Crippen molar-refractivity contribution < 1.29 is 0 Å². The second-order valence-electron chi connectivity index (χ2n) is 3.22. The van der Waals surface area contributed by atoms with E-state index in [1.165, 1.54) is 0 Å². The van der Waals surface area contributed by atoms with Gasteiger partial charge in [0.2, 0.25) is 0 Å². The van der Waals surface area contributed by atoms with Crippen LogP contribution < -0.4 is 11.1 Å². The second kappa shape index (κ2) is 5.69. The molecule has 0 spiro atoms. The monoisotopic (exact) mass is 144 g/mol. The Kier molecular flexibility index (Phi) is 5.64. The van der Waals surface area contributed by atoms with E-state index in [0.717, 1.165) is 25.4 Å². The molecule has 0 radical (unpaired) electrons. The van der Waals surface area contributed by atoms with E-state index in [0.29, 0.717) is 6.04 Å². The molecule has 0 aromatic rings. The normalized spacial score (nSPS) is 14.1. The molecule has 0 aromatic heterocycles. The van der Waals surface area contributed by atoms with Gasteiger partial charge in [-0.3, -0.25) is 0 Å². The number of nitrogens with two attached hydrogens (primary N) is 1. The zero-order valence-corrected chi connectivity index (χ0v) is 7.35. The van der Waals surface area contributed by atoms with Crippen LogP contribution in [0.2, 0.25) is 0 Å². The van der Waals surface area contributed by atoms with E-state index in [2.05, 4.69) is 26.1 Å². The fourth-order valence-corrected chi connectivity index (χ4v) is 0.702. The summed E-state index contributed by atoms with van der Waals surface area (Å²) < 4.78 is 0. The number of hydrogen-bond donors (Lipinski definition) is 2. The maximum absolute atomic E-state index is 5.70. The van der Waals surface area contributed by atoms with Crippen LogP contribution in [0.25, 0.3) is 0 Å². The van der Waals surface area contributed by atoms with Crippen LogP contribution in [0.3, 0.4) is 0 Å². The minimum absolute atomic E-state index is 0.332. The van der Waals surface area contributed by atoms with Crippen molar-refractivity contribution in [1.29, 1.82) is 0 Å². The van der Waals surface area contributed by atoms with E-state index in [1.54, 1.807) is 0 Å². The predicted octanol–water partition coefficient (Wildman–Crippen LogP) is 0.969. The Morgan fingerprint density at radius 1 is 1.30 bits per heavy atom. The largest absolute Gasteiger partial charge is 0.327 e. The average molecular weight is 144 g/mol. The first kappa shape index (κ1) is 9.92. The van der Waals surface area contributed by atoms with Crippen LogP contribution in [0.1, 0.15) is 27.2 Å². The molecule has 0 unspecified atom stereocenters. The molecule has 0 aliphatic heterocycles. The Bertz CT molecular complexity index is 71.7. The number of rotatable bonds is 5. The van der Waals surface area contributed by atoms with E-state index in [4.69, 9.17) is 5.73 Å². The molecule has 3 N–H and O–H groups in total. The van der Waals surface area contributed by atoms with Crippen molar-refractivity contribution in [3.63, 3.8) is 0 Å². The van der Waals surface area contributed by atoms with Gasteiger partial charge in [0.05, 0.1) is 0 Å². The third kappa shape index (κ3) is 6.05. The number of hydrogen-bond acceptors (Lipinski definition) is 2. The maximum atomic E-state index is 5.70. The first-order valence-corrected chi connectivity index (χ1v) is 4.13. The van der Waals surface area contributed by atoms with Crippen molar-refractivity contribution >= 4 is 0 Å². The summed E-state index contributed by atoms with van der Waals surface area (Å²) in [6.07, 6.45) is 1.06. The molecule has 0 aliphatic carbocycles. The molecule has 0 aromatic carbocycles. The van der Waals surface area contributed by atoms with Gasteiger partial charge in [0.25, 0.3) is 0 Å². The molecule has 2 heteroatoms. The fourth-order valence-electron chi connectivity index (χ4n) is 0.702. The Balaban J connectivity index is 3.03. The molecular weight excluding hydrogens is 124 g/mol. The summed E-state index contributed by atoms with van der Waals surface area (Å²) in [6, 6.07) is 0.332. The Labute approximate surface area is 64.2 Å². The van der Waals surface area contributed by atoms with Crippen molar-refractivity contribution in [3.8, 4) is 0 Å². The molecule has 10 heavy (non-hydrogen) atoms. The van der Waals surface area contributed by atoms with Crippen LogP contribution in [-0.4, -0.2) is 19.1 Å². The minimum Gasteiger partial charge on any atom is -0.327 e. The van der Waals surface area contributed by atoms with Crippen LogP contribution in [-0.2, 0) is 0 Å². The highest BCUT2D eigenvalue weighted by Crippen LogP contribution is 1.88. The Morgan fingerprint density at radius 3 is 2.30 bits per heavy atom. The topological polar surface area (TPSA) is 38.0 Å². The molecule has 0 bridgehead atoms. The molecule has 0 amide bonds. The SMILES string of the molecule is CC[C@@H](N)CNCC(C)C. The summed E-state index contributed by atoms with van der Waals surface area (Å²) in [4.78, 5) is 0. The van der Waals surface area contributed by atoms with E-state index in [-0.39, 0.29) is 0 Å². The molecule has 1 atom stereocenters. The summed E-state index contributed by atoms with van der Waals surface area (Å²) in [5.41, 5.74) is 5.70. The molecule has 0 saturated carbocycles. The van der Waals surface area contributed by atoms with Crippen LogP contribution in [0.15, 0.2) is 0 Å². The Hall–Kier alpha value is -0.0800. The standard InChI is InChI=1S/C8H20N2/c1-4-8(9)6-10-5-7(2)3/h7-8,10H,4-6,9H2,1-3H3/t8-/m1/s1. The van der Waals surface area contributed by atoms with Gasteiger partial charge >= 0.3 is 0 Å². The highest BCUT2D eigenvalue weighted by atomic mass is 14.9. The van der Waals surface area contributed by atoms with Crippen molar-refractivity contribution in [1.82, 2.24) is 5.32 Å². The van der Waals surface area contributed by atoms with Crippen LogP contribution in [0.4, 0.5) is 0 Å². The lowest BCUT2D eigenvalue weighted by Crippen LogP contribution is -2.34. The minimum atomic E-state index is 0.332. The summed E-state index contributed by atoms with van der Waals surface area (Å²) in [6.45, 7) is 8.54. The quantitative estimate of drug-likeness (QED) is 0.603. The average Bonchev–Trinajstić information content (AvgIpc) is 1.87. The molecule has 0 aliphatic rings. The third-order valence-corrected chi connectivity index (χ3v) is 1.48. The van der Waals surface area contributed by atoms with Gasteiger partial charge in [0.1, 0.15) is 0 Å². The molecule has 2 nitrogen and oxygen atoms in total. The molecule has 0 rings (SSSR count).